The van der Waals surface area contributed by atoms with Crippen LogP contribution in [0.3, 0.4) is 0 Å². The van der Waals surface area contributed by atoms with Gasteiger partial charge in [-0.15, -0.1) is 0 Å². The number of hydrogen-bond acceptors (Lipinski definition) is 8. The molecule has 0 spiro atoms. The van der Waals surface area contributed by atoms with Gasteiger partial charge in [-0.1, -0.05) is 0 Å². The Balaban J connectivity index is 0.000000638. The highest BCUT2D eigenvalue weighted by Crippen LogP contribution is 2.20. The van der Waals surface area contributed by atoms with E-state index < -0.39 is 22.2 Å². The van der Waals surface area contributed by atoms with Gasteiger partial charge < -0.3 is 25.0 Å². The summed E-state index contributed by atoms with van der Waals surface area (Å²) in [4.78, 5) is 28.1. The highest BCUT2D eigenvalue weighted by Gasteiger charge is 2.38. The number of likely N-dealkylation sites (N-methyl/N-ethyl adjacent to an activating group) is 1. The molecule has 1 aromatic rings. The zero-order valence-electron chi connectivity index (χ0n) is 21.6. The van der Waals surface area contributed by atoms with Gasteiger partial charge in [0.1, 0.15) is 5.75 Å². The van der Waals surface area contributed by atoms with Crippen LogP contribution >= 0.6 is 0 Å². The molecule has 2 aliphatic heterocycles. The SMILES string of the molecule is COc1ccc(S(=O)(=O)N(CCC(=O)N2CCNCC2)CCN2CCN(C)CC2)cc1.O=C(O)C(F)(F)F. The fourth-order valence-electron chi connectivity index (χ4n) is 3.87. The molecule has 0 bridgehead atoms. The molecule has 2 heterocycles. The quantitative estimate of drug-likeness (QED) is 0.436. The third-order valence-corrected chi connectivity index (χ3v) is 8.16. The number of alkyl halides is 3. The molecule has 0 aliphatic carbocycles. The van der Waals surface area contributed by atoms with Crippen LogP contribution in [0.5, 0.6) is 5.75 Å². The van der Waals surface area contributed by atoms with E-state index in [2.05, 4.69) is 22.2 Å². The van der Waals surface area contributed by atoms with Crippen LogP contribution in [0, 0.1) is 0 Å². The number of hydrogen-bond donors (Lipinski definition) is 2. The topological polar surface area (TPSA) is 123 Å². The number of aliphatic carboxylic acids is 1. The van der Waals surface area contributed by atoms with E-state index >= 15 is 0 Å². The van der Waals surface area contributed by atoms with Crippen molar-refractivity contribution in [3.63, 3.8) is 0 Å². The van der Waals surface area contributed by atoms with Crippen molar-refractivity contribution in [2.75, 3.05) is 86.1 Å². The van der Waals surface area contributed by atoms with Crippen molar-refractivity contribution in [2.45, 2.75) is 17.5 Å². The van der Waals surface area contributed by atoms with Crippen LogP contribution in [0.4, 0.5) is 13.2 Å². The number of nitrogens with zero attached hydrogens (tertiary/aromatic N) is 4. The number of amides is 1. The zero-order valence-corrected chi connectivity index (χ0v) is 22.4. The van der Waals surface area contributed by atoms with E-state index in [-0.39, 0.29) is 23.8 Å². The Labute approximate surface area is 221 Å². The predicted molar refractivity (Wildman–Crippen MR) is 133 cm³/mol. The molecular formula is C23H36F3N5O6S. The number of halogens is 3. The van der Waals surface area contributed by atoms with Gasteiger partial charge in [0.05, 0.1) is 12.0 Å². The maximum absolute atomic E-state index is 13.4. The van der Waals surface area contributed by atoms with Crippen LogP contribution in [-0.4, -0.2) is 137 Å². The highest BCUT2D eigenvalue weighted by molar-refractivity contribution is 7.89. The van der Waals surface area contributed by atoms with Gasteiger partial charge in [0.15, 0.2) is 0 Å². The maximum Gasteiger partial charge on any atom is 0.490 e. The Morgan fingerprint density at radius 3 is 2.08 bits per heavy atom. The first-order chi connectivity index (χ1) is 17.8. The van der Waals surface area contributed by atoms with Crippen LogP contribution in [-0.2, 0) is 19.6 Å². The summed E-state index contributed by atoms with van der Waals surface area (Å²) in [6.07, 6.45) is -4.89. The van der Waals surface area contributed by atoms with E-state index in [9.17, 15) is 26.4 Å². The molecule has 0 saturated carbocycles. The summed E-state index contributed by atoms with van der Waals surface area (Å²) in [5.41, 5.74) is 0. The minimum absolute atomic E-state index is 0.0102. The first-order valence-corrected chi connectivity index (χ1v) is 13.6. The van der Waals surface area contributed by atoms with E-state index in [1.54, 1.807) is 31.4 Å². The van der Waals surface area contributed by atoms with Crippen LogP contribution < -0.4 is 10.1 Å². The number of carboxylic acid groups (broad SMARTS) is 1. The van der Waals surface area contributed by atoms with Gasteiger partial charge in [0.25, 0.3) is 0 Å². The van der Waals surface area contributed by atoms with Gasteiger partial charge in [-0.2, -0.15) is 17.5 Å². The second-order valence-electron chi connectivity index (χ2n) is 8.91. The molecule has 2 fully saturated rings. The van der Waals surface area contributed by atoms with E-state index in [0.717, 1.165) is 39.3 Å². The van der Waals surface area contributed by atoms with Crippen LogP contribution in [0.2, 0.25) is 0 Å². The monoisotopic (exact) mass is 567 g/mol. The Hall–Kier alpha value is -2.46. The van der Waals surface area contributed by atoms with Crippen molar-refractivity contribution >= 4 is 21.9 Å². The van der Waals surface area contributed by atoms with Crippen molar-refractivity contribution in [3.8, 4) is 5.75 Å². The molecule has 38 heavy (non-hydrogen) atoms. The van der Waals surface area contributed by atoms with Crippen molar-refractivity contribution in [3.05, 3.63) is 24.3 Å². The second kappa shape index (κ2) is 14.6. The van der Waals surface area contributed by atoms with Gasteiger partial charge in [-0.05, 0) is 31.3 Å². The lowest BCUT2D eigenvalue weighted by Crippen LogP contribution is -2.49. The zero-order chi connectivity index (χ0) is 28.3. The van der Waals surface area contributed by atoms with Crippen LogP contribution in [0.25, 0.3) is 0 Å². The number of methoxy groups -OCH3 is 1. The average Bonchev–Trinajstić information content (AvgIpc) is 2.89. The molecule has 0 unspecified atom stereocenters. The number of piperazine rings is 2. The molecule has 216 valence electrons. The van der Waals surface area contributed by atoms with Crippen LogP contribution in [0.15, 0.2) is 29.2 Å². The maximum atomic E-state index is 13.4. The van der Waals surface area contributed by atoms with E-state index in [4.69, 9.17) is 14.6 Å². The lowest BCUT2D eigenvalue weighted by atomic mass is 10.3. The molecular weight excluding hydrogens is 531 g/mol. The molecule has 1 aromatic carbocycles. The molecule has 1 amide bonds. The number of rotatable bonds is 9. The van der Waals surface area contributed by atoms with Crippen LogP contribution in [0.1, 0.15) is 6.42 Å². The normalized spacial score (nSPS) is 17.6. The van der Waals surface area contributed by atoms with Crippen molar-refractivity contribution in [2.24, 2.45) is 0 Å². The van der Waals surface area contributed by atoms with Gasteiger partial charge >= 0.3 is 12.1 Å². The van der Waals surface area contributed by atoms with Crippen molar-refractivity contribution in [1.82, 2.24) is 24.3 Å². The minimum atomic E-state index is -5.08. The summed E-state index contributed by atoms with van der Waals surface area (Å²) in [7, 11) is -0.0605. The number of benzene rings is 1. The van der Waals surface area contributed by atoms with Gasteiger partial charge in [-0.3, -0.25) is 9.69 Å². The Morgan fingerprint density at radius 1 is 1.03 bits per heavy atom. The summed E-state index contributed by atoms with van der Waals surface area (Å²) in [5.74, 6) is -2.14. The van der Waals surface area contributed by atoms with E-state index in [0.29, 0.717) is 31.9 Å². The molecule has 0 aromatic heterocycles. The van der Waals surface area contributed by atoms with Crippen molar-refractivity contribution < 1.29 is 41.0 Å². The minimum Gasteiger partial charge on any atom is -0.497 e. The number of nitrogens with one attached hydrogen (secondary N) is 1. The largest absolute Gasteiger partial charge is 0.497 e. The molecule has 11 nitrogen and oxygen atoms in total. The second-order valence-corrected chi connectivity index (χ2v) is 10.8. The number of carboxylic acids is 1. The van der Waals surface area contributed by atoms with E-state index in [1.165, 1.54) is 4.31 Å². The lowest BCUT2D eigenvalue weighted by Gasteiger charge is -2.34. The standard InChI is InChI=1S/C21H35N5O4S.C2HF3O2/c1-23-13-15-24(16-14-23)17-18-26(10-7-21(27)25-11-8-22-9-12-25)31(28,29)20-5-3-19(30-2)4-6-20;3-2(4,5)1(6)7/h3-6,22H,7-18H2,1-2H3;(H,6,7). The van der Waals surface area contributed by atoms with Gasteiger partial charge in [0, 0.05) is 78.4 Å². The lowest BCUT2D eigenvalue weighted by molar-refractivity contribution is -0.192. The summed E-state index contributed by atoms with van der Waals surface area (Å²) in [6, 6.07) is 6.43. The third kappa shape index (κ3) is 10.0. The average molecular weight is 568 g/mol. The molecule has 2 N–H and O–H groups in total. The molecule has 0 atom stereocenters. The summed E-state index contributed by atoms with van der Waals surface area (Å²) in [5, 5.41) is 10.4. The highest BCUT2D eigenvalue weighted by atomic mass is 32.2. The number of carbonyl (C=O) groups is 2. The Bertz CT molecular complexity index is 996. The fourth-order valence-corrected chi connectivity index (χ4v) is 5.30. The molecule has 15 heteroatoms. The van der Waals surface area contributed by atoms with Gasteiger partial charge in [-0.25, -0.2) is 13.2 Å². The number of sulfonamides is 1. The molecule has 2 aliphatic rings. The van der Waals surface area contributed by atoms with Crippen molar-refractivity contribution in [1.29, 1.82) is 0 Å². The third-order valence-electron chi connectivity index (χ3n) is 6.25. The van der Waals surface area contributed by atoms with Gasteiger partial charge in [0.2, 0.25) is 15.9 Å². The number of carbonyl (C=O) groups excluding carboxylic acids is 1. The fraction of sp³-hybridized carbons (Fsp3) is 0.652. The Kier molecular flexibility index (Phi) is 12.2. The van der Waals surface area contributed by atoms with E-state index in [1.807, 2.05) is 4.90 Å². The molecule has 2 saturated heterocycles. The summed E-state index contributed by atoms with van der Waals surface area (Å²) < 4.78 is 65.1. The summed E-state index contributed by atoms with van der Waals surface area (Å²) in [6.45, 7) is 7.92. The smallest absolute Gasteiger partial charge is 0.490 e. The predicted octanol–water partition coefficient (Wildman–Crippen LogP) is 0.389. The summed E-state index contributed by atoms with van der Waals surface area (Å²) >= 11 is 0. The molecule has 0 radical (unpaired) electrons. The molecule has 3 rings (SSSR count). The first kappa shape index (κ1) is 31.8. The number of ether oxygens (including phenoxy) is 1. The Morgan fingerprint density at radius 2 is 1.58 bits per heavy atom. The first-order valence-electron chi connectivity index (χ1n) is 12.2.